The zero-order valence-corrected chi connectivity index (χ0v) is 22.2. The van der Waals surface area contributed by atoms with Crippen LogP contribution in [0.2, 0.25) is 0 Å². The van der Waals surface area contributed by atoms with E-state index in [1.807, 2.05) is 26.8 Å². The molecule has 1 aliphatic rings. The normalized spacial score (nSPS) is 32.4. The van der Waals surface area contributed by atoms with Crippen molar-refractivity contribution in [2.75, 3.05) is 6.61 Å². The highest BCUT2D eigenvalue weighted by atomic mass is 16.7. The molecule has 12 unspecified atom stereocenters. The summed E-state index contributed by atoms with van der Waals surface area (Å²) >= 11 is 0. The molecule has 0 aromatic heterocycles. The van der Waals surface area contributed by atoms with Gasteiger partial charge in [-0.1, -0.05) is 60.1 Å². The van der Waals surface area contributed by atoms with Crippen molar-refractivity contribution in [1.82, 2.24) is 0 Å². The minimum atomic E-state index is -1.49. The van der Waals surface area contributed by atoms with E-state index in [-0.39, 0.29) is 23.9 Å². The van der Waals surface area contributed by atoms with Crippen LogP contribution in [0.3, 0.4) is 0 Å². The molecule has 0 spiro atoms. The van der Waals surface area contributed by atoms with E-state index in [4.69, 9.17) is 9.47 Å². The molecule has 200 valence electrons. The van der Waals surface area contributed by atoms with Crippen LogP contribution >= 0.6 is 0 Å². The van der Waals surface area contributed by atoms with Gasteiger partial charge in [0.15, 0.2) is 6.29 Å². The Morgan fingerprint density at radius 3 is 2.12 bits per heavy atom. The fourth-order valence-corrected chi connectivity index (χ4v) is 4.98. The molecule has 1 saturated heterocycles. The molecule has 0 aromatic carbocycles. The summed E-state index contributed by atoms with van der Waals surface area (Å²) in [5, 5.41) is 51.0. The number of hydrogen-bond acceptors (Lipinski definition) is 7. The van der Waals surface area contributed by atoms with Crippen molar-refractivity contribution in [3.05, 3.63) is 24.3 Å². The summed E-state index contributed by atoms with van der Waals surface area (Å²) < 4.78 is 11.9. The highest BCUT2D eigenvalue weighted by molar-refractivity contribution is 5.11. The monoisotopic (exact) mass is 486 g/mol. The first-order valence-electron chi connectivity index (χ1n) is 12.8. The zero-order valence-electron chi connectivity index (χ0n) is 22.2. The van der Waals surface area contributed by atoms with Gasteiger partial charge in [-0.05, 0) is 43.1 Å². The molecule has 7 heteroatoms. The largest absolute Gasteiger partial charge is 0.394 e. The Hall–Kier alpha value is -0.800. The molecule has 1 rings (SSSR count). The summed E-state index contributed by atoms with van der Waals surface area (Å²) in [5.41, 5.74) is 0.808. The molecule has 0 aliphatic carbocycles. The van der Waals surface area contributed by atoms with Crippen LogP contribution in [0.25, 0.3) is 0 Å². The Bertz CT molecular complexity index is 622. The fourth-order valence-electron chi connectivity index (χ4n) is 4.98. The topological polar surface area (TPSA) is 120 Å². The van der Waals surface area contributed by atoms with Crippen LogP contribution in [0.15, 0.2) is 24.3 Å². The Balaban J connectivity index is 3.14. The van der Waals surface area contributed by atoms with Gasteiger partial charge < -0.3 is 35.0 Å². The van der Waals surface area contributed by atoms with Gasteiger partial charge in [0.1, 0.15) is 24.4 Å². The Morgan fingerprint density at radius 2 is 1.59 bits per heavy atom. The predicted octanol–water partition coefficient (Wildman–Crippen LogP) is 3.04. The van der Waals surface area contributed by atoms with E-state index in [0.717, 1.165) is 24.8 Å². The van der Waals surface area contributed by atoms with Gasteiger partial charge in [-0.3, -0.25) is 0 Å². The molecule has 0 bridgehead atoms. The van der Waals surface area contributed by atoms with Gasteiger partial charge in [0, 0.05) is 11.8 Å². The lowest BCUT2D eigenvalue weighted by atomic mass is 9.82. The maximum absolute atomic E-state index is 10.6. The van der Waals surface area contributed by atoms with Gasteiger partial charge in [0.2, 0.25) is 0 Å². The Morgan fingerprint density at radius 1 is 0.971 bits per heavy atom. The van der Waals surface area contributed by atoms with Crippen molar-refractivity contribution in [3.63, 3.8) is 0 Å². The van der Waals surface area contributed by atoms with Gasteiger partial charge in [0.05, 0.1) is 18.8 Å². The number of hydrogen-bond donors (Lipinski definition) is 5. The van der Waals surface area contributed by atoms with E-state index in [0.29, 0.717) is 11.8 Å². The third kappa shape index (κ3) is 8.70. The first-order valence-corrected chi connectivity index (χ1v) is 12.8. The molecule has 1 fully saturated rings. The standard InChI is InChI=1S/C27H50O7/c1-9-15(3)11-16(4)12-19(7)26(20(8)13-18(6)22(29)17(5)10-2)34-27-25(32)24(31)23(30)21(14-28)33-27/h10,13,15-17,19-32H,2,9,11-12,14H2,1,3-8H3/b18-13-. The van der Waals surface area contributed by atoms with Crippen LogP contribution in [0, 0.1) is 29.6 Å². The molecule has 12 atom stereocenters. The second kappa shape index (κ2) is 14.7. The summed E-state index contributed by atoms with van der Waals surface area (Å²) in [6.07, 6.45) is -0.803. The van der Waals surface area contributed by atoms with Crippen molar-refractivity contribution in [2.24, 2.45) is 29.6 Å². The molecular formula is C27H50O7. The molecule has 0 saturated carbocycles. The van der Waals surface area contributed by atoms with Crippen LogP contribution in [-0.4, -0.2) is 75.1 Å². The number of aliphatic hydroxyl groups is 5. The Kier molecular flexibility index (Phi) is 13.5. The van der Waals surface area contributed by atoms with E-state index in [1.165, 1.54) is 0 Å². The summed E-state index contributed by atoms with van der Waals surface area (Å²) in [5.74, 6) is 0.946. The number of aliphatic hydroxyl groups excluding tert-OH is 5. The third-order valence-electron chi connectivity index (χ3n) is 7.36. The number of rotatable bonds is 14. The molecule has 0 amide bonds. The molecular weight excluding hydrogens is 436 g/mol. The SMILES string of the molecule is C=CC(C)C(O)/C(C)=C\C(C)C(OC1OC(CO)C(O)C(O)C1O)C(C)CC(C)CC(C)CC. The minimum Gasteiger partial charge on any atom is -0.394 e. The first kappa shape index (κ1) is 31.2. The maximum Gasteiger partial charge on any atom is 0.187 e. The van der Waals surface area contributed by atoms with Crippen LogP contribution in [-0.2, 0) is 9.47 Å². The lowest BCUT2D eigenvalue weighted by Gasteiger charge is -2.42. The average Bonchev–Trinajstić information content (AvgIpc) is 2.80. The second-order valence-electron chi connectivity index (χ2n) is 10.7. The summed E-state index contributed by atoms with van der Waals surface area (Å²) in [7, 11) is 0. The molecule has 1 heterocycles. The predicted molar refractivity (Wildman–Crippen MR) is 134 cm³/mol. The second-order valence-corrected chi connectivity index (χ2v) is 10.7. The fraction of sp³-hybridized carbons (Fsp3) is 0.852. The van der Waals surface area contributed by atoms with Crippen molar-refractivity contribution >= 4 is 0 Å². The third-order valence-corrected chi connectivity index (χ3v) is 7.36. The lowest BCUT2D eigenvalue weighted by molar-refractivity contribution is -0.317. The van der Waals surface area contributed by atoms with Gasteiger partial charge in [-0.15, -0.1) is 6.58 Å². The van der Waals surface area contributed by atoms with Crippen molar-refractivity contribution in [2.45, 2.75) is 111 Å². The van der Waals surface area contributed by atoms with E-state index in [1.54, 1.807) is 6.08 Å². The molecule has 0 radical (unpaired) electrons. The van der Waals surface area contributed by atoms with Crippen molar-refractivity contribution < 1.29 is 35.0 Å². The first-order chi connectivity index (χ1) is 15.9. The number of ether oxygens (including phenoxy) is 2. The molecule has 7 nitrogen and oxygen atoms in total. The summed E-state index contributed by atoms with van der Waals surface area (Å²) in [4.78, 5) is 0. The van der Waals surface area contributed by atoms with E-state index in [2.05, 4.69) is 34.3 Å². The highest BCUT2D eigenvalue weighted by Crippen LogP contribution is 2.32. The molecule has 1 aliphatic heterocycles. The molecule has 5 N–H and O–H groups in total. The van der Waals surface area contributed by atoms with Gasteiger partial charge in [0.25, 0.3) is 0 Å². The average molecular weight is 487 g/mol. The maximum atomic E-state index is 10.6. The zero-order chi connectivity index (χ0) is 26.2. The van der Waals surface area contributed by atoms with Crippen molar-refractivity contribution in [3.8, 4) is 0 Å². The van der Waals surface area contributed by atoms with Gasteiger partial charge in [-0.2, -0.15) is 0 Å². The van der Waals surface area contributed by atoms with Crippen molar-refractivity contribution in [1.29, 1.82) is 0 Å². The molecule has 0 aromatic rings. The Labute approximate surface area is 206 Å². The smallest absolute Gasteiger partial charge is 0.187 e. The van der Waals surface area contributed by atoms with E-state index in [9.17, 15) is 25.5 Å². The summed E-state index contributed by atoms with van der Waals surface area (Å²) in [6.45, 7) is 17.8. The van der Waals surface area contributed by atoms with E-state index >= 15 is 0 Å². The van der Waals surface area contributed by atoms with E-state index < -0.39 is 43.4 Å². The summed E-state index contributed by atoms with van der Waals surface area (Å²) in [6, 6.07) is 0. The molecule has 34 heavy (non-hydrogen) atoms. The quantitative estimate of drug-likeness (QED) is 0.239. The van der Waals surface area contributed by atoms with Crippen LogP contribution in [0.5, 0.6) is 0 Å². The van der Waals surface area contributed by atoms with Gasteiger partial charge >= 0.3 is 0 Å². The van der Waals surface area contributed by atoms with Crippen LogP contribution < -0.4 is 0 Å². The van der Waals surface area contributed by atoms with Crippen LogP contribution in [0.4, 0.5) is 0 Å². The minimum absolute atomic E-state index is 0.0828. The van der Waals surface area contributed by atoms with Crippen LogP contribution in [0.1, 0.15) is 67.7 Å². The lowest BCUT2D eigenvalue weighted by Crippen LogP contribution is -2.60. The van der Waals surface area contributed by atoms with Gasteiger partial charge in [-0.25, -0.2) is 0 Å². The highest BCUT2D eigenvalue weighted by Gasteiger charge is 2.45.